The van der Waals surface area contributed by atoms with Crippen LogP contribution in [0.3, 0.4) is 0 Å². The molecule has 1 aliphatic rings. The van der Waals surface area contributed by atoms with Gasteiger partial charge in [-0.25, -0.2) is 4.79 Å². The lowest BCUT2D eigenvalue weighted by molar-refractivity contribution is -0.253. The van der Waals surface area contributed by atoms with Crippen LogP contribution in [-0.2, 0) is 14.0 Å². The summed E-state index contributed by atoms with van der Waals surface area (Å²) in [6.45, 7) is 12.5. The second kappa shape index (κ2) is 9.54. The fourth-order valence-corrected chi connectivity index (χ4v) is 2.77. The van der Waals surface area contributed by atoms with Crippen LogP contribution in [-0.4, -0.2) is 49.1 Å². The van der Waals surface area contributed by atoms with Crippen molar-refractivity contribution in [3.05, 3.63) is 35.3 Å². The highest BCUT2D eigenvalue weighted by Crippen LogP contribution is 2.39. The molecule has 184 valence electrons. The van der Waals surface area contributed by atoms with Gasteiger partial charge in [0.2, 0.25) is 0 Å². The number of carbonyl (C=O) groups excluding carboxylic acids is 1. The van der Waals surface area contributed by atoms with E-state index >= 15 is 0 Å². The Morgan fingerprint density at radius 1 is 1.15 bits per heavy atom. The molecule has 0 radical (unpaired) electrons. The molecule has 1 fully saturated rings. The molecule has 33 heavy (non-hydrogen) atoms. The quantitative estimate of drug-likeness (QED) is 0.419. The Morgan fingerprint density at radius 3 is 2.24 bits per heavy atom. The van der Waals surface area contributed by atoms with E-state index in [1.165, 1.54) is 12.1 Å². The average Bonchev–Trinajstić information content (AvgIpc) is 2.84. The fraction of sp³-hybridized carbons (Fsp3) is 0.591. The summed E-state index contributed by atoms with van der Waals surface area (Å²) in [5, 5.41) is 2.62. The van der Waals surface area contributed by atoms with Gasteiger partial charge in [-0.15, -0.1) is 0 Å². The lowest BCUT2D eigenvalue weighted by Gasteiger charge is -2.32. The highest BCUT2D eigenvalue weighted by atomic mass is 19.3. The summed E-state index contributed by atoms with van der Waals surface area (Å²) in [7, 11) is -0.864. The first kappa shape index (κ1) is 27.0. The van der Waals surface area contributed by atoms with Crippen LogP contribution in [0.1, 0.15) is 54.0 Å². The molecule has 1 N–H and O–H groups in total. The van der Waals surface area contributed by atoms with Crippen LogP contribution >= 0.6 is 0 Å². The molecular weight excluding hydrogens is 445 g/mol. The second-order valence-corrected chi connectivity index (χ2v) is 9.70. The van der Waals surface area contributed by atoms with Crippen molar-refractivity contribution in [3.63, 3.8) is 0 Å². The number of nitrogens with one attached hydrogen (secondary N) is 1. The molecule has 0 unspecified atom stereocenters. The van der Waals surface area contributed by atoms with Crippen molar-refractivity contribution in [1.29, 1.82) is 0 Å². The minimum atomic E-state index is -4.63. The highest BCUT2D eigenvalue weighted by molar-refractivity contribution is 6.56. The highest BCUT2D eigenvalue weighted by Gasteiger charge is 2.52. The summed E-state index contributed by atoms with van der Waals surface area (Å²) in [5.74, 6) is -0.442. The summed E-state index contributed by atoms with van der Waals surface area (Å²) in [4.78, 5) is 12.1. The van der Waals surface area contributed by atoms with E-state index in [9.17, 15) is 22.4 Å². The summed E-state index contributed by atoms with van der Waals surface area (Å²) in [5.41, 5.74) is -1.25. The first-order valence-electron chi connectivity index (χ1n) is 10.4. The topological polar surface area (TPSA) is 66.0 Å². The van der Waals surface area contributed by atoms with E-state index in [-0.39, 0.29) is 6.54 Å². The molecule has 0 aliphatic carbocycles. The van der Waals surface area contributed by atoms with Crippen LogP contribution in [0.25, 0.3) is 6.08 Å². The first-order valence-corrected chi connectivity index (χ1v) is 10.4. The summed E-state index contributed by atoms with van der Waals surface area (Å²) in [6.07, 6.45) is -7.73. The van der Waals surface area contributed by atoms with Crippen molar-refractivity contribution in [2.45, 2.75) is 77.8 Å². The number of hydrogen-bond donors (Lipinski definition) is 1. The lowest BCUT2D eigenvalue weighted by atomic mass is 9.77. The van der Waals surface area contributed by atoms with Crippen molar-refractivity contribution in [1.82, 2.24) is 5.32 Å². The third-order valence-electron chi connectivity index (χ3n) is 5.11. The molecule has 1 saturated heterocycles. The normalized spacial score (nSPS) is 18.4. The van der Waals surface area contributed by atoms with Crippen molar-refractivity contribution in [2.24, 2.45) is 0 Å². The maximum absolute atomic E-state index is 13.3. The number of halogens is 4. The van der Waals surface area contributed by atoms with Crippen molar-refractivity contribution in [3.8, 4) is 5.75 Å². The van der Waals surface area contributed by atoms with E-state index in [0.717, 1.165) is 6.07 Å². The zero-order chi connectivity index (χ0) is 25.2. The Labute approximate surface area is 191 Å². The van der Waals surface area contributed by atoms with Gasteiger partial charge in [0.1, 0.15) is 11.4 Å². The van der Waals surface area contributed by atoms with Gasteiger partial charge in [-0.05, 0) is 71.6 Å². The van der Waals surface area contributed by atoms with Gasteiger partial charge in [-0.3, -0.25) is 0 Å². The molecule has 1 aromatic carbocycles. The molecule has 2 rings (SSSR count). The van der Waals surface area contributed by atoms with E-state index in [4.69, 9.17) is 14.0 Å². The van der Waals surface area contributed by atoms with Gasteiger partial charge >= 0.3 is 25.7 Å². The van der Waals surface area contributed by atoms with Crippen LogP contribution in [0, 0.1) is 0 Å². The zero-order valence-electron chi connectivity index (χ0n) is 19.8. The first-order chi connectivity index (χ1) is 14.9. The summed E-state index contributed by atoms with van der Waals surface area (Å²) >= 11 is 0. The molecule has 1 amide bonds. The van der Waals surface area contributed by atoms with Gasteiger partial charge in [-0.2, -0.15) is 17.6 Å². The SMILES string of the molecule is CC(C)(C)OC(=O)NCC(=Cc1cccc(OC(F)(F)C(F)F)c1)B1OC(C)(C)C(C)(C)O1. The molecule has 0 aromatic heterocycles. The van der Waals surface area contributed by atoms with Gasteiger partial charge < -0.3 is 24.1 Å². The predicted octanol–water partition coefficient (Wildman–Crippen LogP) is 5.46. The second-order valence-electron chi connectivity index (χ2n) is 9.70. The van der Waals surface area contributed by atoms with Crippen molar-refractivity contribution < 1.29 is 41.1 Å². The van der Waals surface area contributed by atoms with E-state index < -0.39 is 48.3 Å². The lowest BCUT2D eigenvalue weighted by Crippen LogP contribution is -2.41. The van der Waals surface area contributed by atoms with Gasteiger partial charge in [0, 0.05) is 6.54 Å². The largest absolute Gasteiger partial charge is 0.492 e. The fourth-order valence-electron chi connectivity index (χ4n) is 2.77. The number of rotatable bonds is 7. The number of alkyl carbamates (subject to hydrolysis) is 1. The monoisotopic (exact) mass is 475 g/mol. The molecule has 0 atom stereocenters. The molecule has 1 heterocycles. The molecule has 1 aromatic rings. The number of alkyl halides is 4. The molecule has 0 spiro atoms. The predicted molar refractivity (Wildman–Crippen MR) is 116 cm³/mol. The summed E-state index contributed by atoms with van der Waals surface area (Å²) in [6, 6.07) is 5.26. The Balaban J connectivity index is 2.32. The third kappa shape index (κ3) is 7.36. The molecule has 6 nitrogen and oxygen atoms in total. The van der Waals surface area contributed by atoms with Crippen molar-refractivity contribution in [2.75, 3.05) is 6.54 Å². The molecule has 0 bridgehead atoms. The van der Waals surface area contributed by atoms with Crippen LogP contribution < -0.4 is 10.1 Å². The van der Waals surface area contributed by atoms with Gasteiger partial charge in [0.15, 0.2) is 0 Å². The van der Waals surface area contributed by atoms with Gasteiger partial charge in [0.25, 0.3) is 0 Å². The molecular formula is C22H30BF4NO5. The van der Waals surface area contributed by atoms with Crippen LogP contribution in [0.15, 0.2) is 29.7 Å². The number of carbonyl (C=O) groups is 1. The van der Waals surface area contributed by atoms with E-state index in [2.05, 4.69) is 10.1 Å². The number of amides is 1. The maximum atomic E-state index is 13.3. The van der Waals surface area contributed by atoms with E-state index in [1.807, 2.05) is 27.7 Å². The number of benzene rings is 1. The Bertz CT molecular complexity index is 868. The van der Waals surface area contributed by atoms with Crippen LogP contribution in [0.2, 0.25) is 0 Å². The Hall–Kier alpha value is -2.27. The molecule has 11 heteroatoms. The average molecular weight is 475 g/mol. The minimum absolute atomic E-state index is 0.0377. The molecule has 1 aliphatic heterocycles. The number of hydrogen-bond acceptors (Lipinski definition) is 5. The zero-order valence-corrected chi connectivity index (χ0v) is 19.8. The van der Waals surface area contributed by atoms with Crippen molar-refractivity contribution >= 4 is 19.3 Å². The van der Waals surface area contributed by atoms with Crippen LogP contribution in [0.4, 0.5) is 22.4 Å². The van der Waals surface area contributed by atoms with Gasteiger partial charge in [-0.1, -0.05) is 18.2 Å². The van der Waals surface area contributed by atoms with Gasteiger partial charge in [0.05, 0.1) is 11.2 Å². The smallest absolute Gasteiger partial charge is 0.444 e. The minimum Gasteiger partial charge on any atom is -0.444 e. The maximum Gasteiger partial charge on any atom is 0.492 e. The van der Waals surface area contributed by atoms with Crippen LogP contribution in [0.5, 0.6) is 5.75 Å². The standard InChI is InChI=1S/C22H30BF4NO5/c1-19(2,3)31-18(29)28-13-15(23-32-20(4,5)21(6,7)33-23)11-14-9-8-10-16(12-14)30-22(26,27)17(24)25/h8-12,17H,13H2,1-7H3,(H,28,29). The third-order valence-corrected chi connectivity index (χ3v) is 5.11. The number of ether oxygens (including phenoxy) is 2. The van der Waals surface area contributed by atoms with E-state index in [1.54, 1.807) is 32.9 Å². The van der Waals surface area contributed by atoms with E-state index in [0.29, 0.717) is 11.0 Å². The molecule has 0 saturated carbocycles. The summed E-state index contributed by atoms with van der Waals surface area (Å²) < 4.78 is 73.1. The Kier molecular flexibility index (Phi) is 7.80. The Morgan fingerprint density at radius 2 is 1.73 bits per heavy atom.